The van der Waals surface area contributed by atoms with Crippen molar-refractivity contribution >= 4 is 50.0 Å². The summed E-state index contributed by atoms with van der Waals surface area (Å²) in [6.45, 7) is 0. The van der Waals surface area contributed by atoms with Gasteiger partial charge in [-0.2, -0.15) is 0 Å². The van der Waals surface area contributed by atoms with Crippen molar-refractivity contribution in [3.05, 3.63) is 182 Å². The number of anilines is 3. The van der Waals surface area contributed by atoms with Crippen molar-refractivity contribution in [3.63, 3.8) is 0 Å². The largest absolute Gasteiger partial charge is 0.438 e. The van der Waals surface area contributed by atoms with Crippen LogP contribution in [0.5, 0.6) is 0 Å². The van der Waals surface area contributed by atoms with E-state index in [0.29, 0.717) is 5.71 Å². The standard InChI is InChI=1S/C45H30N2O/c1-3-13-31(14-4-1)32-25-27-33(28-26-32)35-18-11-19-37(29-35)47(41-22-10-8-20-38(41)34-15-5-2-6-16-34)42-23-12-24-43-44(42)39-30-36-17-7-9-21-40(36)46-45(39)48-43/h1-30H. The zero-order chi connectivity index (χ0) is 31.9. The van der Waals surface area contributed by atoms with Crippen LogP contribution in [0.1, 0.15) is 0 Å². The lowest BCUT2D eigenvalue weighted by atomic mass is 9.98. The van der Waals surface area contributed by atoms with E-state index in [1.165, 1.54) is 11.1 Å². The summed E-state index contributed by atoms with van der Waals surface area (Å²) in [7, 11) is 0. The summed E-state index contributed by atoms with van der Waals surface area (Å²) >= 11 is 0. The number of pyridine rings is 1. The van der Waals surface area contributed by atoms with Gasteiger partial charge in [0.15, 0.2) is 0 Å². The van der Waals surface area contributed by atoms with E-state index in [2.05, 4.69) is 169 Å². The predicted molar refractivity (Wildman–Crippen MR) is 200 cm³/mol. The third-order valence-electron chi connectivity index (χ3n) is 9.07. The maximum absolute atomic E-state index is 6.44. The van der Waals surface area contributed by atoms with E-state index in [9.17, 15) is 0 Å². The summed E-state index contributed by atoms with van der Waals surface area (Å²) in [4.78, 5) is 7.30. The molecule has 0 bridgehead atoms. The molecule has 2 aromatic heterocycles. The molecule has 0 saturated heterocycles. The molecule has 48 heavy (non-hydrogen) atoms. The number of hydrogen-bond acceptors (Lipinski definition) is 3. The monoisotopic (exact) mass is 614 g/mol. The number of rotatable bonds is 6. The SMILES string of the molecule is c1ccc(-c2ccc(-c3cccc(N(c4ccccc4-c4ccccc4)c4cccc5oc6nc7ccccc7cc6c45)c3)cc2)cc1. The highest BCUT2D eigenvalue weighted by Gasteiger charge is 2.22. The fourth-order valence-corrected chi connectivity index (χ4v) is 6.77. The maximum atomic E-state index is 6.44. The Labute approximate surface area is 279 Å². The number of para-hydroxylation sites is 2. The molecule has 0 radical (unpaired) electrons. The lowest BCUT2D eigenvalue weighted by Crippen LogP contribution is -2.11. The lowest BCUT2D eigenvalue weighted by molar-refractivity contribution is 0.656. The van der Waals surface area contributed by atoms with Crippen molar-refractivity contribution in [2.24, 2.45) is 0 Å². The number of aromatic nitrogens is 1. The van der Waals surface area contributed by atoms with Gasteiger partial charge in [0.05, 0.1) is 27.7 Å². The topological polar surface area (TPSA) is 29.3 Å². The minimum Gasteiger partial charge on any atom is -0.438 e. The van der Waals surface area contributed by atoms with Gasteiger partial charge in [0.2, 0.25) is 5.71 Å². The van der Waals surface area contributed by atoms with Crippen molar-refractivity contribution in [2.45, 2.75) is 0 Å². The molecule has 3 nitrogen and oxygen atoms in total. The van der Waals surface area contributed by atoms with Crippen LogP contribution in [0.25, 0.3) is 66.4 Å². The van der Waals surface area contributed by atoms with Crippen LogP contribution in [0.4, 0.5) is 17.1 Å². The summed E-state index contributed by atoms with van der Waals surface area (Å²) in [6.07, 6.45) is 0. The molecule has 0 unspecified atom stereocenters. The lowest BCUT2D eigenvalue weighted by Gasteiger charge is -2.29. The average molecular weight is 615 g/mol. The summed E-state index contributed by atoms with van der Waals surface area (Å²) in [5.74, 6) is 0. The van der Waals surface area contributed by atoms with E-state index < -0.39 is 0 Å². The second-order valence-corrected chi connectivity index (χ2v) is 12.0. The zero-order valence-corrected chi connectivity index (χ0v) is 26.1. The summed E-state index contributed by atoms with van der Waals surface area (Å²) in [5.41, 5.74) is 12.5. The smallest absolute Gasteiger partial charge is 0.227 e. The molecule has 3 heteroatoms. The van der Waals surface area contributed by atoms with E-state index in [1.54, 1.807) is 0 Å². The third-order valence-corrected chi connectivity index (χ3v) is 9.07. The van der Waals surface area contributed by atoms with Crippen LogP contribution in [-0.2, 0) is 0 Å². The summed E-state index contributed by atoms with van der Waals surface area (Å²) < 4.78 is 6.44. The number of furan rings is 1. The molecule has 0 atom stereocenters. The second-order valence-electron chi connectivity index (χ2n) is 12.0. The van der Waals surface area contributed by atoms with E-state index in [-0.39, 0.29) is 0 Å². The number of hydrogen-bond donors (Lipinski definition) is 0. The van der Waals surface area contributed by atoms with Crippen LogP contribution in [-0.4, -0.2) is 4.98 Å². The molecule has 0 saturated carbocycles. The molecule has 9 aromatic rings. The van der Waals surface area contributed by atoms with Gasteiger partial charge >= 0.3 is 0 Å². The molecule has 0 aliphatic heterocycles. The van der Waals surface area contributed by atoms with Crippen molar-refractivity contribution in [2.75, 3.05) is 4.90 Å². The number of benzene rings is 7. The van der Waals surface area contributed by atoms with Gasteiger partial charge in [-0.1, -0.05) is 140 Å². The van der Waals surface area contributed by atoms with E-state index in [4.69, 9.17) is 9.40 Å². The van der Waals surface area contributed by atoms with Crippen molar-refractivity contribution in [1.29, 1.82) is 0 Å². The van der Waals surface area contributed by atoms with E-state index >= 15 is 0 Å². The molecule has 0 spiro atoms. The summed E-state index contributed by atoms with van der Waals surface area (Å²) in [6, 6.07) is 64.1. The zero-order valence-electron chi connectivity index (χ0n) is 26.1. The average Bonchev–Trinajstić information content (AvgIpc) is 3.53. The maximum Gasteiger partial charge on any atom is 0.227 e. The van der Waals surface area contributed by atoms with Gasteiger partial charge in [-0.05, 0) is 70.3 Å². The van der Waals surface area contributed by atoms with Crippen LogP contribution in [0.2, 0.25) is 0 Å². The fourth-order valence-electron chi connectivity index (χ4n) is 6.77. The second kappa shape index (κ2) is 11.7. The van der Waals surface area contributed by atoms with Crippen molar-refractivity contribution < 1.29 is 4.42 Å². The van der Waals surface area contributed by atoms with Gasteiger partial charge in [0.1, 0.15) is 5.58 Å². The molecule has 7 aromatic carbocycles. The first-order valence-electron chi connectivity index (χ1n) is 16.2. The Morgan fingerprint density at radius 2 is 1.04 bits per heavy atom. The van der Waals surface area contributed by atoms with E-state index in [1.807, 2.05) is 18.2 Å². The molecular formula is C45H30N2O. The quantitative estimate of drug-likeness (QED) is 0.187. The van der Waals surface area contributed by atoms with Gasteiger partial charge in [0.25, 0.3) is 0 Å². The van der Waals surface area contributed by atoms with Crippen LogP contribution in [0, 0.1) is 0 Å². The minimum atomic E-state index is 0.639. The fraction of sp³-hybridized carbons (Fsp3) is 0. The number of nitrogens with zero attached hydrogens (tertiary/aromatic N) is 2. The Morgan fingerprint density at radius 3 is 1.85 bits per heavy atom. The third kappa shape index (κ3) is 4.90. The van der Waals surface area contributed by atoms with Crippen molar-refractivity contribution in [1.82, 2.24) is 4.98 Å². The highest BCUT2D eigenvalue weighted by molar-refractivity contribution is 6.15. The minimum absolute atomic E-state index is 0.639. The Bertz CT molecular complexity index is 2550. The van der Waals surface area contributed by atoms with Crippen LogP contribution >= 0.6 is 0 Å². The Balaban J connectivity index is 1.26. The normalized spacial score (nSPS) is 11.3. The van der Waals surface area contributed by atoms with Gasteiger partial charge in [-0.25, -0.2) is 4.98 Å². The molecule has 0 amide bonds. The highest BCUT2D eigenvalue weighted by Crippen LogP contribution is 2.46. The molecule has 0 aliphatic rings. The Morgan fingerprint density at radius 1 is 0.438 bits per heavy atom. The molecular weight excluding hydrogens is 585 g/mol. The van der Waals surface area contributed by atoms with Gasteiger partial charge in [-0.3, -0.25) is 0 Å². The van der Waals surface area contributed by atoms with Gasteiger partial charge < -0.3 is 9.32 Å². The first-order valence-corrected chi connectivity index (χ1v) is 16.2. The van der Waals surface area contributed by atoms with E-state index in [0.717, 1.165) is 66.6 Å². The summed E-state index contributed by atoms with van der Waals surface area (Å²) in [5, 5.41) is 3.11. The Hall–Kier alpha value is -6.45. The van der Waals surface area contributed by atoms with Crippen LogP contribution in [0.15, 0.2) is 186 Å². The molecule has 0 fully saturated rings. The molecule has 0 N–H and O–H groups in total. The van der Waals surface area contributed by atoms with Crippen LogP contribution in [0.3, 0.4) is 0 Å². The first-order chi connectivity index (χ1) is 23.8. The molecule has 0 aliphatic carbocycles. The van der Waals surface area contributed by atoms with Crippen molar-refractivity contribution in [3.8, 4) is 33.4 Å². The predicted octanol–water partition coefficient (Wildman–Crippen LogP) is 12.6. The Kier molecular flexibility index (Phi) is 6.80. The molecule has 226 valence electrons. The molecule has 2 heterocycles. The highest BCUT2D eigenvalue weighted by atomic mass is 16.3. The van der Waals surface area contributed by atoms with Gasteiger partial charge in [0, 0.05) is 16.6 Å². The van der Waals surface area contributed by atoms with Gasteiger partial charge in [-0.15, -0.1) is 0 Å². The van der Waals surface area contributed by atoms with Crippen LogP contribution < -0.4 is 4.90 Å². The first kappa shape index (κ1) is 27.8. The molecule has 9 rings (SSSR count). The number of fused-ring (bicyclic) bond motifs is 4.